The molecule has 0 spiro atoms. The van der Waals surface area contributed by atoms with Gasteiger partial charge in [0, 0.05) is 31.3 Å². The normalized spacial score (nSPS) is 20.0. The lowest BCUT2D eigenvalue weighted by Gasteiger charge is -2.24. The van der Waals surface area contributed by atoms with Crippen molar-refractivity contribution in [2.75, 3.05) is 19.3 Å². The molecule has 0 aliphatic carbocycles. The Morgan fingerprint density at radius 2 is 2.25 bits per heavy atom. The van der Waals surface area contributed by atoms with Crippen LogP contribution in [0.3, 0.4) is 0 Å². The van der Waals surface area contributed by atoms with Crippen molar-refractivity contribution >= 4 is 9.84 Å². The molecule has 1 aliphatic heterocycles. The van der Waals surface area contributed by atoms with E-state index in [1.54, 1.807) is 0 Å². The van der Waals surface area contributed by atoms with Crippen molar-refractivity contribution < 1.29 is 8.42 Å². The molecule has 2 heterocycles. The van der Waals surface area contributed by atoms with E-state index in [0.717, 1.165) is 51.0 Å². The first-order chi connectivity index (χ1) is 9.52. The summed E-state index contributed by atoms with van der Waals surface area (Å²) < 4.78 is 23.8. The second kappa shape index (κ2) is 6.63. The van der Waals surface area contributed by atoms with E-state index in [9.17, 15) is 8.42 Å². The van der Waals surface area contributed by atoms with Crippen molar-refractivity contribution in [2.45, 2.75) is 49.8 Å². The van der Waals surface area contributed by atoms with Crippen LogP contribution >= 0.6 is 0 Å². The van der Waals surface area contributed by atoms with E-state index in [2.05, 4.69) is 22.2 Å². The number of aryl methyl sites for hydroxylation is 1. The van der Waals surface area contributed by atoms with Gasteiger partial charge >= 0.3 is 0 Å². The zero-order valence-electron chi connectivity index (χ0n) is 12.2. The van der Waals surface area contributed by atoms with Crippen molar-refractivity contribution in [2.24, 2.45) is 0 Å². The Morgan fingerprint density at radius 1 is 1.45 bits per heavy atom. The first-order valence-corrected chi connectivity index (χ1v) is 9.18. The zero-order chi connectivity index (χ0) is 14.6. The van der Waals surface area contributed by atoms with Crippen LogP contribution < -0.4 is 5.32 Å². The summed E-state index contributed by atoms with van der Waals surface area (Å²) in [5, 5.41) is 3.32. The van der Waals surface area contributed by atoms with Gasteiger partial charge < -0.3 is 5.32 Å². The summed E-state index contributed by atoms with van der Waals surface area (Å²) >= 11 is 0. The lowest BCUT2D eigenvalue weighted by Crippen LogP contribution is -2.30. The highest BCUT2D eigenvalue weighted by atomic mass is 32.2. The van der Waals surface area contributed by atoms with Gasteiger partial charge in [-0.1, -0.05) is 13.3 Å². The molecule has 1 unspecified atom stereocenters. The van der Waals surface area contributed by atoms with Crippen LogP contribution in [-0.4, -0.2) is 37.7 Å². The van der Waals surface area contributed by atoms with Gasteiger partial charge in [0.1, 0.15) is 10.7 Å². The molecular weight excluding hydrogens is 274 g/mol. The predicted octanol–water partition coefficient (Wildman–Crippen LogP) is 1.69. The number of nitrogens with zero attached hydrogens (tertiary/aromatic N) is 2. The number of hydrogen-bond acceptors (Lipinski definition) is 5. The maximum Gasteiger partial charge on any atom is 0.178 e. The van der Waals surface area contributed by atoms with Gasteiger partial charge in [-0.3, -0.25) is 0 Å². The summed E-state index contributed by atoms with van der Waals surface area (Å²) in [6, 6.07) is 0. The first kappa shape index (κ1) is 15.4. The smallest absolute Gasteiger partial charge is 0.178 e. The Morgan fingerprint density at radius 3 is 2.85 bits per heavy atom. The summed E-state index contributed by atoms with van der Waals surface area (Å²) in [5.74, 6) is 0.941. The lowest BCUT2D eigenvalue weighted by atomic mass is 9.96. The maximum absolute atomic E-state index is 11.9. The Balaban J connectivity index is 2.36. The van der Waals surface area contributed by atoms with Gasteiger partial charge in [0.05, 0.1) is 5.69 Å². The Kier molecular flexibility index (Phi) is 5.10. The highest BCUT2D eigenvalue weighted by molar-refractivity contribution is 7.90. The first-order valence-electron chi connectivity index (χ1n) is 7.29. The largest absolute Gasteiger partial charge is 0.316 e. The van der Waals surface area contributed by atoms with Crippen LogP contribution in [0.5, 0.6) is 0 Å². The van der Waals surface area contributed by atoms with Crippen molar-refractivity contribution in [1.82, 2.24) is 15.3 Å². The maximum atomic E-state index is 11.9. The topological polar surface area (TPSA) is 72.0 Å². The number of aromatic nitrogens is 2. The third kappa shape index (κ3) is 3.76. The van der Waals surface area contributed by atoms with Gasteiger partial charge in [-0.15, -0.1) is 0 Å². The molecule has 1 atom stereocenters. The van der Waals surface area contributed by atoms with E-state index in [4.69, 9.17) is 0 Å². The lowest BCUT2D eigenvalue weighted by molar-refractivity contribution is 0.446. The number of hydrogen-bond donors (Lipinski definition) is 1. The molecule has 0 aromatic carbocycles. The molecule has 112 valence electrons. The third-order valence-electron chi connectivity index (χ3n) is 3.67. The molecule has 1 aliphatic rings. The van der Waals surface area contributed by atoms with Gasteiger partial charge in [-0.25, -0.2) is 18.4 Å². The molecular formula is C14H23N3O2S. The monoisotopic (exact) mass is 297 g/mol. The van der Waals surface area contributed by atoms with Crippen LogP contribution in [0, 0.1) is 0 Å². The summed E-state index contributed by atoms with van der Waals surface area (Å²) in [5.41, 5.74) is 0.709. The number of sulfone groups is 1. The summed E-state index contributed by atoms with van der Waals surface area (Å²) in [6.07, 6.45) is 7.70. The molecule has 0 amide bonds. The van der Waals surface area contributed by atoms with E-state index >= 15 is 0 Å². The molecule has 2 rings (SSSR count). The van der Waals surface area contributed by atoms with Crippen LogP contribution in [0.15, 0.2) is 11.1 Å². The number of nitrogens with one attached hydrogen (secondary N) is 1. The van der Waals surface area contributed by atoms with E-state index in [-0.39, 0.29) is 5.92 Å². The molecule has 20 heavy (non-hydrogen) atoms. The molecule has 1 aromatic heterocycles. The van der Waals surface area contributed by atoms with Crippen LogP contribution in [0.4, 0.5) is 0 Å². The molecule has 1 saturated heterocycles. The average Bonchev–Trinajstić information content (AvgIpc) is 2.44. The minimum atomic E-state index is -3.27. The molecule has 1 fully saturated rings. The van der Waals surface area contributed by atoms with Crippen LogP contribution in [-0.2, 0) is 16.3 Å². The zero-order valence-corrected chi connectivity index (χ0v) is 13.0. The fourth-order valence-electron chi connectivity index (χ4n) is 2.54. The van der Waals surface area contributed by atoms with E-state index in [1.807, 2.05) is 0 Å². The molecule has 6 heteroatoms. The van der Waals surface area contributed by atoms with Crippen molar-refractivity contribution in [1.29, 1.82) is 0 Å². The van der Waals surface area contributed by atoms with Gasteiger partial charge in [-0.05, 0) is 25.8 Å². The second-order valence-electron chi connectivity index (χ2n) is 5.45. The fourth-order valence-corrected chi connectivity index (χ4v) is 3.38. The summed E-state index contributed by atoms with van der Waals surface area (Å²) in [6.45, 7) is 3.92. The highest BCUT2D eigenvalue weighted by Crippen LogP contribution is 2.27. The van der Waals surface area contributed by atoms with Gasteiger partial charge in [0.15, 0.2) is 9.84 Å². The van der Waals surface area contributed by atoms with Crippen molar-refractivity contribution in [3.63, 3.8) is 0 Å². The molecule has 0 saturated carbocycles. The molecule has 1 aromatic rings. The third-order valence-corrected chi connectivity index (χ3v) is 4.78. The molecule has 0 radical (unpaired) electrons. The van der Waals surface area contributed by atoms with Gasteiger partial charge in [-0.2, -0.15) is 0 Å². The Labute approximate surface area is 121 Å². The Bertz CT molecular complexity index is 552. The standard InChI is InChI=1S/C14H23N3O2S/c1-3-4-7-13-16-10-12(20(2,18)19)14(17-13)11-6-5-8-15-9-11/h10-11,15H,3-9H2,1-2H3. The summed E-state index contributed by atoms with van der Waals surface area (Å²) in [7, 11) is -3.27. The van der Waals surface area contributed by atoms with Gasteiger partial charge in [0.2, 0.25) is 0 Å². The summed E-state index contributed by atoms with van der Waals surface area (Å²) in [4.78, 5) is 9.10. The van der Waals surface area contributed by atoms with Crippen LogP contribution in [0.1, 0.15) is 50.0 Å². The molecule has 1 N–H and O–H groups in total. The molecule has 5 nitrogen and oxygen atoms in total. The van der Waals surface area contributed by atoms with E-state index in [0.29, 0.717) is 10.6 Å². The number of piperidine rings is 1. The Hall–Kier alpha value is -1.01. The highest BCUT2D eigenvalue weighted by Gasteiger charge is 2.25. The van der Waals surface area contributed by atoms with E-state index in [1.165, 1.54) is 12.5 Å². The number of unbranched alkanes of at least 4 members (excludes halogenated alkanes) is 1. The fraction of sp³-hybridized carbons (Fsp3) is 0.714. The number of rotatable bonds is 5. The van der Waals surface area contributed by atoms with Crippen LogP contribution in [0.25, 0.3) is 0 Å². The SMILES string of the molecule is CCCCc1ncc(S(C)(=O)=O)c(C2CCCNC2)n1. The van der Waals surface area contributed by atoms with Crippen LogP contribution in [0.2, 0.25) is 0 Å². The average molecular weight is 297 g/mol. The quantitative estimate of drug-likeness (QED) is 0.895. The minimum absolute atomic E-state index is 0.178. The van der Waals surface area contributed by atoms with Gasteiger partial charge in [0.25, 0.3) is 0 Å². The van der Waals surface area contributed by atoms with Crippen molar-refractivity contribution in [3.05, 3.63) is 17.7 Å². The predicted molar refractivity (Wildman–Crippen MR) is 78.6 cm³/mol. The van der Waals surface area contributed by atoms with E-state index < -0.39 is 9.84 Å². The minimum Gasteiger partial charge on any atom is -0.316 e. The molecule has 0 bridgehead atoms. The van der Waals surface area contributed by atoms with Crippen molar-refractivity contribution in [3.8, 4) is 0 Å². The second-order valence-corrected chi connectivity index (χ2v) is 7.44.